The van der Waals surface area contributed by atoms with Crippen LogP contribution < -0.4 is 5.32 Å². The third-order valence-electron chi connectivity index (χ3n) is 4.72. The zero-order valence-corrected chi connectivity index (χ0v) is 15.8. The summed E-state index contributed by atoms with van der Waals surface area (Å²) in [6, 6.07) is 11.3. The molecular weight excluding hydrogens is 425 g/mol. The summed E-state index contributed by atoms with van der Waals surface area (Å²) >= 11 is 3.36. The average Bonchev–Trinajstić information content (AvgIpc) is 2.62. The van der Waals surface area contributed by atoms with Crippen molar-refractivity contribution >= 4 is 27.6 Å². The van der Waals surface area contributed by atoms with Gasteiger partial charge in [-0.2, -0.15) is 13.2 Å². The predicted octanol–water partition coefficient (Wildman–Crippen LogP) is 4.98. The van der Waals surface area contributed by atoms with Gasteiger partial charge in [0.2, 0.25) is 0 Å². The highest BCUT2D eigenvalue weighted by Gasteiger charge is 2.35. The number of urea groups is 1. The van der Waals surface area contributed by atoms with Crippen molar-refractivity contribution in [2.24, 2.45) is 0 Å². The number of anilines is 1. The van der Waals surface area contributed by atoms with E-state index < -0.39 is 23.4 Å². The van der Waals surface area contributed by atoms with E-state index in [1.54, 1.807) is 4.90 Å². The second-order valence-corrected chi connectivity index (χ2v) is 7.45. The Balaban J connectivity index is 1.59. The SMILES string of the molecule is O=C(Nc1ccc(C(F)(F)F)cc1)N1CCC(O)(c2ccc(Br)cc2)CC1. The van der Waals surface area contributed by atoms with E-state index in [1.165, 1.54) is 12.1 Å². The molecule has 1 fully saturated rings. The summed E-state index contributed by atoms with van der Waals surface area (Å²) in [5, 5.41) is 13.4. The van der Waals surface area contributed by atoms with E-state index >= 15 is 0 Å². The van der Waals surface area contributed by atoms with Gasteiger partial charge in [0.25, 0.3) is 0 Å². The van der Waals surface area contributed by atoms with Gasteiger partial charge in [-0.1, -0.05) is 28.1 Å². The summed E-state index contributed by atoms with van der Waals surface area (Å²) in [5.41, 5.74) is -0.667. The van der Waals surface area contributed by atoms with Crippen molar-refractivity contribution in [2.75, 3.05) is 18.4 Å². The summed E-state index contributed by atoms with van der Waals surface area (Å²) in [5.74, 6) is 0. The fourth-order valence-corrected chi connectivity index (χ4v) is 3.34. The summed E-state index contributed by atoms with van der Waals surface area (Å²) in [4.78, 5) is 13.9. The second-order valence-electron chi connectivity index (χ2n) is 6.53. The van der Waals surface area contributed by atoms with Gasteiger partial charge in [0.1, 0.15) is 0 Å². The first-order chi connectivity index (χ1) is 12.7. The molecule has 4 nitrogen and oxygen atoms in total. The molecule has 2 aromatic rings. The quantitative estimate of drug-likeness (QED) is 0.688. The van der Waals surface area contributed by atoms with Gasteiger partial charge in [-0.25, -0.2) is 4.79 Å². The van der Waals surface area contributed by atoms with Crippen LogP contribution in [0.4, 0.5) is 23.7 Å². The molecule has 27 heavy (non-hydrogen) atoms. The summed E-state index contributed by atoms with van der Waals surface area (Å²) in [6.45, 7) is 0.693. The molecule has 0 bridgehead atoms. The number of hydrogen-bond donors (Lipinski definition) is 2. The molecule has 2 amide bonds. The van der Waals surface area contributed by atoms with E-state index in [0.717, 1.165) is 22.2 Å². The van der Waals surface area contributed by atoms with E-state index in [1.807, 2.05) is 24.3 Å². The van der Waals surface area contributed by atoms with Gasteiger partial charge in [-0.15, -0.1) is 0 Å². The third kappa shape index (κ3) is 4.62. The largest absolute Gasteiger partial charge is 0.416 e. The second kappa shape index (κ2) is 7.52. The first-order valence-electron chi connectivity index (χ1n) is 8.39. The molecule has 1 saturated heterocycles. The van der Waals surface area contributed by atoms with Crippen LogP contribution in [0.25, 0.3) is 0 Å². The summed E-state index contributed by atoms with van der Waals surface area (Å²) in [6.07, 6.45) is -3.64. The average molecular weight is 443 g/mol. The first kappa shape index (κ1) is 19.7. The Kier molecular flexibility index (Phi) is 5.48. The van der Waals surface area contributed by atoms with Gasteiger partial charge >= 0.3 is 12.2 Å². The number of amides is 2. The molecule has 3 rings (SSSR count). The maximum atomic E-state index is 12.6. The van der Waals surface area contributed by atoms with E-state index in [4.69, 9.17) is 0 Å². The molecule has 2 aromatic carbocycles. The van der Waals surface area contributed by atoms with Crippen LogP contribution in [-0.4, -0.2) is 29.1 Å². The van der Waals surface area contributed by atoms with Gasteiger partial charge in [0.15, 0.2) is 0 Å². The van der Waals surface area contributed by atoms with Gasteiger partial charge in [-0.05, 0) is 54.8 Å². The Morgan fingerprint density at radius 2 is 1.59 bits per heavy atom. The highest BCUT2D eigenvalue weighted by molar-refractivity contribution is 9.10. The fourth-order valence-electron chi connectivity index (χ4n) is 3.07. The molecular formula is C19H18BrF3N2O2. The van der Waals surface area contributed by atoms with Crippen LogP contribution in [0.15, 0.2) is 53.0 Å². The molecule has 0 radical (unpaired) electrons. The number of nitrogens with zero attached hydrogens (tertiary/aromatic N) is 1. The topological polar surface area (TPSA) is 52.6 Å². The number of piperidine rings is 1. The van der Waals surface area contributed by atoms with Crippen molar-refractivity contribution in [3.63, 3.8) is 0 Å². The molecule has 8 heteroatoms. The maximum absolute atomic E-state index is 12.6. The number of aliphatic hydroxyl groups is 1. The zero-order valence-electron chi connectivity index (χ0n) is 14.3. The lowest BCUT2D eigenvalue weighted by Gasteiger charge is -2.38. The molecule has 1 aliphatic heterocycles. The Hall–Kier alpha value is -2.06. The van der Waals surface area contributed by atoms with Crippen molar-refractivity contribution < 1.29 is 23.1 Å². The van der Waals surface area contributed by atoms with Crippen molar-refractivity contribution in [3.05, 3.63) is 64.1 Å². The number of halogens is 4. The lowest BCUT2D eigenvalue weighted by molar-refractivity contribution is -0.137. The van der Waals surface area contributed by atoms with E-state index in [2.05, 4.69) is 21.2 Å². The molecule has 0 saturated carbocycles. The minimum absolute atomic E-state index is 0.293. The fraction of sp³-hybridized carbons (Fsp3) is 0.316. The number of hydrogen-bond acceptors (Lipinski definition) is 2. The van der Waals surface area contributed by atoms with Crippen LogP contribution in [0.5, 0.6) is 0 Å². The minimum Gasteiger partial charge on any atom is -0.385 e. The van der Waals surface area contributed by atoms with E-state index in [-0.39, 0.29) is 0 Å². The monoisotopic (exact) mass is 442 g/mol. The van der Waals surface area contributed by atoms with Crippen molar-refractivity contribution in [1.29, 1.82) is 0 Å². The minimum atomic E-state index is -4.41. The Morgan fingerprint density at radius 3 is 2.11 bits per heavy atom. The zero-order chi connectivity index (χ0) is 19.7. The van der Waals surface area contributed by atoms with Crippen LogP contribution in [0.1, 0.15) is 24.0 Å². The smallest absolute Gasteiger partial charge is 0.385 e. The number of benzene rings is 2. The molecule has 0 atom stereocenters. The number of alkyl halides is 3. The molecule has 1 heterocycles. The first-order valence-corrected chi connectivity index (χ1v) is 9.18. The molecule has 0 spiro atoms. The van der Waals surface area contributed by atoms with Crippen LogP contribution in [0.3, 0.4) is 0 Å². The molecule has 1 aliphatic rings. The van der Waals surface area contributed by atoms with Gasteiger partial charge < -0.3 is 15.3 Å². The number of carbonyl (C=O) groups is 1. The lowest BCUT2D eigenvalue weighted by Crippen LogP contribution is -2.46. The molecule has 0 aromatic heterocycles. The van der Waals surface area contributed by atoms with Crippen molar-refractivity contribution in [3.8, 4) is 0 Å². The summed E-state index contributed by atoms with van der Waals surface area (Å²) in [7, 11) is 0. The van der Waals surface area contributed by atoms with Crippen LogP contribution in [-0.2, 0) is 11.8 Å². The predicted molar refractivity (Wildman–Crippen MR) is 99.3 cm³/mol. The Labute approximate surface area is 163 Å². The van der Waals surface area contributed by atoms with E-state index in [0.29, 0.717) is 31.6 Å². The van der Waals surface area contributed by atoms with E-state index in [9.17, 15) is 23.1 Å². The number of rotatable bonds is 2. The Bertz CT molecular complexity index is 799. The highest BCUT2D eigenvalue weighted by Crippen LogP contribution is 2.34. The molecule has 0 aliphatic carbocycles. The molecule has 0 unspecified atom stereocenters. The van der Waals surface area contributed by atoms with Crippen molar-refractivity contribution in [1.82, 2.24) is 4.90 Å². The summed E-state index contributed by atoms with van der Waals surface area (Å²) < 4.78 is 38.7. The number of carbonyl (C=O) groups excluding carboxylic acids is 1. The molecule has 144 valence electrons. The molecule has 2 N–H and O–H groups in total. The van der Waals surface area contributed by atoms with Crippen molar-refractivity contribution in [2.45, 2.75) is 24.6 Å². The number of nitrogens with one attached hydrogen (secondary N) is 1. The lowest BCUT2D eigenvalue weighted by atomic mass is 9.84. The highest BCUT2D eigenvalue weighted by atomic mass is 79.9. The van der Waals surface area contributed by atoms with Crippen LogP contribution in [0.2, 0.25) is 0 Å². The Morgan fingerprint density at radius 1 is 1.04 bits per heavy atom. The van der Waals surface area contributed by atoms with Crippen LogP contribution in [0, 0.1) is 0 Å². The van der Waals surface area contributed by atoms with Gasteiger partial charge in [0.05, 0.1) is 11.2 Å². The standard InChI is InChI=1S/C19H18BrF3N2O2/c20-15-5-1-13(2-6-15)18(27)9-11-25(12-10-18)17(26)24-16-7-3-14(4-8-16)19(21,22)23/h1-8,27H,9-12H2,(H,24,26). The maximum Gasteiger partial charge on any atom is 0.416 e. The normalized spacial score (nSPS) is 16.9. The van der Waals surface area contributed by atoms with Crippen LogP contribution >= 0.6 is 15.9 Å². The third-order valence-corrected chi connectivity index (χ3v) is 5.25. The van der Waals surface area contributed by atoms with Gasteiger partial charge in [-0.3, -0.25) is 0 Å². The van der Waals surface area contributed by atoms with Gasteiger partial charge in [0, 0.05) is 23.2 Å². The number of likely N-dealkylation sites (tertiary alicyclic amines) is 1.